The second-order valence-electron chi connectivity index (χ2n) is 11.6. The average molecular weight is 560 g/mol. The Bertz CT molecular complexity index is 1530. The number of hydrogen-bond acceptors (Lipinski definition) is 8. The van der Waals surface area contributed by atoms with Crippen LogP contribution in [0.3, 0.4) is 0 Å². The Morgan fingerprint density at radius 1 is 1.00 bits per heavy atom. The van der Waals surface area contributed by atoms with E-state index in [0.717, 1.165) is 11.3 Å². The van der Waals surface area contributed by atoms with Gasteiger partial charge in [0, 0.05) is 37.8 Å². The van der Waals surface area contributed by atoms with Crippen molar-refractivity contribution in [2.24, 2.45) is 0 Å². The van der Waals surface area contributed by atoms with Crippen LogP contribution >= 0.6 is 0 Å². The molecular weight excluding hydrogens is 525 g/mol. The topological polar surface area (TPSA) is 112 Å². The van der Waals surface area contributed by atoms with E-state index in [4.69, 9.17) is 20.3 Å². The lowest BCUT2D eigenvalue weighted by atomic mass is 9.98. The van der Waals surface area contributed by atoms with Gasteiger partial charge in [0.1, 0.15) is 41.1 Å². The van der Waals surface area contributed by atoms with Gasteiger partial charge in [-0.3, -0.25) is 4.90 Å². The number of benzene rings is 2. The van der Waals surface area contributed by atoms with Gasteiger partial charge in [-0.1, -0.05) is 18.2 Å². The van der Waals surface area contributed by atoms with Gasteiger partial charge in [0.2, 0.25) is 0 Å². The molecule has 4 aromatic rings. The van der Waals surface area contributed by atoms with E-state index in [2.05, 4.69) is 14.9 Å². The van der Waals surface area contributed by atoms with Crippen molar-refractivity contribution in [3.63, 3.8) is 0 Å². The molecule has 2 aliphatic rings. The van der Waals surface area contributed by atoms with Gasteiger partial charge in [0.05, 0.1) is 11.4 Å². The fourth-order valence-electron chi connectivity index (χ4n) is 5.42. The van der Waals surface area contributed by atoms with E-state index in [-0.39, 0.29) is 18.7 Å². The molecule has 2 aliphatic heterocycles. The number of anilines is 1. The molecule has 214 valence electrons. The molecule has 0 spiro atoms. The molecule has 2 unspecified atom stereocenters. The summed E-state index contributed by atoms with van der Waals surface area (Å²) in [5, 5.41) is 5.45. The molecule has 11 heteroatoms. The summed E-state index contributed by atoms with van der Waals surface area (Å²) in [6, 6.07) is 16.7. The maximum Gasteiger partial charge on any atom is 0.410 e. The Morgan fingerprint density at radius 3 is 2.39 bits per heavy atom. The lowest BCUT2D eigenvalue weighted by Gasteiger charge is -2.48. The van der Waals surface area contributed by atoms with E-state index in [0.29, 0.717) is 54.3 Å². The van der Waals surface area contributed by atoms with Crippen LogP contribution in [-0.2, 0) is 4.74 Å². The standard InChI is InChI=1S/C30H34FN7O3/c1-30(2,3)41-29(39)37-15-20(16-37)36-14-13-24(23(31)17-36)38-28-25(27(32)33-18-34-28)26(35-38)19-9-11-22(12-10-19)40-21-7-5-4-6-8-21/h4-12,18,20,23-24H,13-17H2,1-3H3,(H2,32,33,34). The van der Waals surface area contributed by atoms with Crippen molar-refractivity contribution in [1.82, 2.24) is 29.5 Å². The minimum atomic E-state index is -1.17. The van der Waals surface area contributed by atoms with Crippen LogP contribution in [0, 0.1) is 0 Å². The minimum Gasteiger partial charge on any atom is -0.457 e. The maximum absolute atomic E-state index is 15.8. The molecular formula is C30H34FN7O3. The number of nitrogens with zero attached hydrogens (tertiary/aromatic N) is 6. The molecule has 6 rings (SSSR count). The SMILES string of the molecule is CC(C)(C)OC(=O)N1CC(N2CCC(n3nc(-c4ccc(Oc5ccccc5)cc4)c4c(N)ncnc43)C(F)C2)C1. The number of hydrogen-bond donors (Lipinski definition) is 1. The first-order valence-electron chi connectivity index (χ1n) is 13.8. The van der Waals surface area contributed by atoms with Crippen LogP contribution in [0.5, 0.6) is 11.5 Å². The molecule has 1 amide bonds. The number of nitrogens with two attached hydrogens (primary N) is 1. The van der Waals surface area contributed by atoms with E-state index in [1.54, 1.807) is 9.58 Å². The number of carbonyl (C=O) groups is 1. The molecule has 2 atom stereocenters. The molecule has 41 heavy (non-hydrogen) atoms. The van der Waals surface area contributed by atoms with Crippen molar-refractivity contribution in [2.75, 3.05) is 31.9 Å². The second kappa shape index (κ2) is 10.6. The summed E-state index contributed by atoms with van der Waals surface area (Å²) in [6.07, 6.45) is 0.438. The number of carbonyl (C=O) groups excluding carboxylic acids is 1. The number of halogens is 1. The summed E-state index contributed by atoms with van der Waals surface area (Å²) in [4.78, 5) is 24.7. The molecule has 0 aliphatic carbocycles. The molecule has 0 saturated carbocycles. The van der Waals surface area contributed by atoms with E-state index >= 15 is 4.39 Å². The summed E-state index contributed by atoms with van der Waals surface area (Å²) < 4.78 is 28.8. The van der Waals surface area contributed by atoms with Gasteiger partial charge in [0.25, 0.3) is 0 Å². The number of likely N-dealkylation sites (tertiary alicyclic amines) is 2. The lowest BCUT2D eigenvalue weighted by Crippen LogP contribution is -2.64. The average Bonchev–Trinajstić information content (AvgIpc) is 3.29. The highest BCUT2D eigenvalue weighted by Crippen LogP contribution is 2.36. The first kappa shape index (κ1) is 26.9. The summed E-state index contributed by atoms with van der Waals surface area (Å²) in [7, 11) is 0. The van der Waals surface area contributed by atoms with Crippen molar-refractivity contribution in [2.45, 2.75) is 51.0 Å². The third-order valence-electron chi connectivity index (χ3n) is 7.51. The number of piperidine rings is 1. The Morgan fingerprint density at radius 2 is 1.71 bits per heavy atom. The summed E-state index contributed by atoms with van der Waals surface area (Å²) in [5.41, 5.74) is 7.67. The van der Waals surface area contributed by atoms with Crippen LogP contribution in [0.4, 0.5) is 15.0 Å². The van der Waals surface area contributed by atoms with E-state index in [9.17, 15) is 4.79 Å². The van der Waals surface area contributed by atoms with E-state index < -0.39 is 17.8 Å². The smallest absolute Gasteiger partial charge is 0.410 e. The number of rotatable bonds is 5. The monoisotopic (exact) mass is 559 g/mol. The molecule has 0 radical (unpaired) electrons. The van der Waals surface area contributed by atoms with Crippen LogP contribution in [-0.4, -0.2) is 79.6 Å². The van der Waals surface area contributed by atoms with Crippen molar-refractivity contribution in [1.29, 1.82) is 0 Å². The number of amides is 1. The third-order valence-corrected chi connectivity index (χ3v) is 7.51. The molecule has 2 saturated heterocycles. The minimum absolute atomic E-state index is 0.112. The number of alkyl halides is 1. The van der Waals surface area contributed by atoms with Gasteiger partial charge in [-0.15, -0.1) is 0 Å². The van der Waals surface area contributed by atoms with Crippen LogP contribution in [0.2, 0.25) is 0 Å². The van der Waals surface area contributed by atoms with E-state index in [1.807, 2.05) is 75.4 Å². The van der Waals surface area contributed by atoms with Crippen LogP contribution < -0.4 is 10.5 Å². The Labute approximate surface area is 237 Å². The zero-order chi connectivity index (χ0) is 28.7. The fourth-order valence-corrected chi connectivity index (χ4v) is 5.42. The molecule has 2 N–H and O–H groups in total. The Kier molecular flexibility index (Phi) is 6.98. The summed E-state index contributed by atoms with van der Waals surface area (Å²) in [6.45, 7) is 7.54. The zero-order valence-electron chi connectivity index (χ0n) is 23.4. The number of nitrogen functional groups attached to an aromatic ring is 1. The third kappa shape index (κ3) is 5.54. The number of aromatic nitrogens is 4. The fraction of sp³-hybridized carbons (Fsp3) is 0.400. The largest absolute Gasteiger partial charge is 0.457 e. The number of ether oxygens (including phenoxy) is 2. The van der Waals surface area contributed by atoms with Gasteiger partial charge >= 0.3 is 6.09 Å². The summed E-state index contributed by atoms with van der Waals surface area (Å²) >= 11 is 0. The molecule has 0 bridgehead atoms. The van der Waals surface area contributed by atoms with Crippen LogP contribution in [0.15, 0.2) is 60.9 Å². The first-order chi connectivity index (χ1) is 19.7. The van der Waals surface area contributed by atoms with Crippen molar-refractivity contribution in [3.8, 4) is 22.8 Å². The zero-order valence-corrected chi connectivity index (χ0v) is 23.4. The normalized spacial score (nSPS) is 20.1. The van der Waals surface area contributed by atoms with Crippen molar-refractivity contribution >= 4 is 22.9 Å². The van der Waals surface area contributed by atoms with Crippen molar-refractivity contribution in [3.05, 3.63) is 60.9 Å². The Balaban J connectivity index is 1.18. The molecule has 10 nitrogen and oxygen atoms in total. The number of para-hydroxylation sites is 1. The van der Waals surface area contributed by atoms with Gasteiger partial charge in [-0.2, -0.15) is 5.10 Å². The molecule has 2 aromatic carbocycles. The predicted octanol–water partition coefficient (Wildman–Crippen LogP) is 5.07. The molecule has 2 aromatic heterocycles. The number of fused-ring (bicyclic) bond motifs is 1. The highest BCUT2D eigenvalue weighted by Gasteiger charge is 2.42. The quantitative estimate of drug-likeness (QED) is 0.361. The first-order valence-corrected chi connectivity index (χ1v) is 13.8. The summed E-state index contributed by atoms with van der Waals surface area (Å²) in [5.74, 6) is 1.73. The second-order valence-corrected chi connectivity index (χ2v) is 11.6. The van der Waals surface area contributed by atoms with Gasteiger partial charge in [-0.05, 0) is 63.6 Å². The van der Waals surface area contributed by atoms with Crippen LogP contribution in [0.25, 0.3) is 22.3 Å². The van der Waals surface area contributed by atoms with Gasteiger partial charge < -0.3 is 20.1 Å². The van der Waals surface area contributed by atoms with E-state index in [1.165, 1.54) is 6.33 Å². The van der Waals surface area contributed by atoms with Gasteiger partial charge in [-0.25, -0.2) is 23.8 Å². The molecule has 4 heterocycles. The Hall–Kier alpha value is -4.25. The van der Waals surface area contributed by atoms with Crippen LogP contribution in [0.1, 0.15) is 33.2 Å². The predicted molar refractivity (Wildman–Crippen MR) is 153 cm³/mol. The lowest BCUT2D eigenvalue weighted by molar-refractivity contribution is -0.0322. The highest BCUT2D eigenvalue weighted by atomic mass is 19.1. The maximum atomic E-state index is 15.8. The molecule has 2 fully saturated rings. The van der Waals surface area contributed by atoms with Crippen molar-refractivity contribution < 1.29 is 18.7 Å². The van der Waals surface area contributed by atoms with Gasteiger partial charge in [0.15, 0.2) is 5.65 Å². The highest BCUT2D eigenvalue weighted by molar-refractivity contribution is 5.98.